The standard InChI is InChI=1S/C24H22N4O2/c29-24-25-20(27-15-8-3-9-16-27)14-17-28(24)22-21(18-10-4-1-5-11-18)30-23(26-22)19-12-6-2-7-13-19/h1-2,4-7,10-14,17H,3,8-9,15-16H2. The quantitative estimate of drug-likeness (QED) is 0.505. The van der Waals surface area contributed by atoms with Gasteiger partial charge in [0.25, 0.3) is 0 Å². The molecule has 0 N–H and O–H groups in total. The van der Waals surface area contributed by atoms with Gasteiger partial charge in [-0.2, -0.15) is 9.97 Å². The number of piperidine rings is 1. The van der Waals surface area contributed by atoms with Crippen LogP contribution >= 0.6 is 0 Å². The highest BCUT2D eigenvalue weighted by Crippen LogP contribution is 2.31. The van der Waals surface area contributed by atoms with Crippen LogP contribution in [0.2, 0.25) is 0 Å². The Hall–Kier alpha value is -3.67. The summed E-state index contributed by atoms with van der Waals surface area (Å²) in [5.41, 5.74) is 1.35. The molecule has 0 saturated carbocycles. The van der Waals surface area contributed by atoms with Gasteiger partial charge in [-0.3, -0.25) is 0 Å². The largest absolute Gasteiger partial charge is 0.434 e. The fraction of sp³-hybridized carbons (Fsp3) is 0.208. The number of hydrogen-bond acceptors (Lipinski definition) is 5. The Labute approximate surface area is 174 Å². The van der Waals surface area contributed by atoms with Crippen LogP contribution in [0.5, 0.6) is 0 Å². The molecule has 4 aromatic rings. The summed E-state index contributed by atoms with van der Waals surface area (Å²) in [6.07, 6.45) is 5.24. The van der Waals surface area contributed by atoms with Crippen molar-refractivity contribution in [1.82, 2.24) is 14.5 Å². The van der Waals surface area contributed by atoms with Gasteiger partial charge in [0.05, 0.1) is 0 Å². The van der Waals surface area contributed by atoms with E-state index in [0.717, 1.165) is 42.9 Å². The van der Waals surface area contributed by atoms with Crippen molar-refractivity contribution in [1.29, 1.82) is 0 Å². The fourth-order valence-corrected chi connectivity index (χ4v) is 3.81. The molecule has 30 heavy (non-hydrogen) atoms. The van der Waals surface area contributed by atoms with Crippen molar-refractivity contribution in [2.24, 2.45) is 0 Å². The van der Waals surface area contributed by atoms with Crippen LogP contribution in [0.1, 0.15) is 19.3 Å². The minimum atomic E-state index is -0.358. The minimum absolute atomic E-state index is 0.358. The summed E-state index contributed by atoms with van der Waals surface area (Å²) < 4.78 is 7.60. The number of anilines is 1. The Bertz CT molecular complexity index is 1190. The summed E-state index contributed by atoms with van der Waals surface area (Å²) in [7, 11) is 0. The van der Waals surface area contributed by atoms with Crippen molar-refractivity contribution in [3.63, 3.8) is 0 Å². The highest BCUT2D eigenvalue weighted by molar-refractivity contribution is 5.69. The molecular weight excluding hydrogens is 376 g/mol. The van der Waals surface area contributed by atoms with Gasteiger partial charge < -0.3 is 9.32 Å². The van der Waals surface area contributed by atoms with Crippen LogP contribution in [-0.2, 0) is 0 Å². The Morgan fingerprint density at radius 1 is 0.767 bits per heavy atom. The van der Waals surface area contributed by atoms with Crippen LogP contribution in [0, 0.1) is 0 Å². The first-order valence-electron chi connectivity index (χ1n) is 10.3. The molecule has 0 radical (unpaired) electrons. The van der Waals surface area contributed by atoms with Gasteiger partial charge in [-0.1, -0.05) is 48.5 Å². The molecule has 0 aliphatic carbocycles. The second-order valence-corrected chi connectivity index (χ2v) is 7.39. The van der Waals surface area contributed by atoms with Crippen LogP contribution in [-0.4, -0.2) is 27.6 Å². The first-order chi connectivity index (χ1) is 14.8. The molecule has 2 aromatic heterocycles. The third-order valence-corrected chi connectivity index (χ3v) is 5.36. The molecule has 150 valence electrons. The number of nitrogens with zero attached hydrogens (tertiary/aromatic N) is 4. The van der Waals surface area contributed by atoms with E-state index >= 15 is 0 Å². The van der Waals surface area contributed by atoms with Crippen LogP contribution < -0.4 is 10.6 Å². The van der Waals surface area contributed by atoms with Gasteiger partial charge in [-0.05, 0) is 37.5 Å². The third-order valence-electron chi connectivity index (χ3n) is 5.36. The van der Waals surface area contributed by atoms with Gasteiger partial charge in [0.15, 0.2) is 11.6 Å². The molecule has 6 heteroatoms. The average molecular weight is 398 g/mol. The van der Waals surface area contributed by atoms with E-state index in [1.54, 1.807) is 6.20 Å². The number of oxazole rings is 1. The van der Waals surface area contributed by atoms with Crippen molar-refractivity contribution < 1.29 is 4.42 Å². The molecule has 0 unspecified atom stereocenters. The smallest absolute Gasteiger partial charge is 0.355 e. The number of benzene rings is 2. The molecule has 5 rings (SSSR count). The SMILES string of the molecule is O=c1nc(N2CCCCC2)ccn1-c1nc(-c2ccccc2)oc1-c1ccccc1. The summed E-state index contributed by atoms with van der Waals surface area (Å²) in [5, 5.41) is 0. The maximum absolute atomic E-state index is 13.0. The molecular formula is C24H22N4O2. The van der Waals surface area contributed by atoms with Gasteiger partial charge >= 0.3 is 5.69 Å². The molecule has 2 aromatic carbocycles. The monoisotopic (exact) mass is 398 g/mol. The van der Waals surface area contributed by atoms with Crippen LogP contribution in [0.3, 0.4) is 0 Å². The second kappa shape index (κ2) is 7.99. The maximum Gasteiger partial charge on any atom is 0.355 e. The zero-order chi connectivity index (χ0) is 20.3. The van der Waals surface area contributed by atoms with Gasteiger partial charge in [0, 0.05) is 30.4 Å². The first kappa shape index (κ1) is 18.4. The van der Waals surface area contributed by atoms with E-state index < -0.39 is 0 Å². The lowest BCUT2D eigenvalue weighted by Gasteiger charge is -2.27. The molecule has 0 spiro atoms. The molecule has 0 atom stereocenters. The van der Waals surface area contributed by atoms with Crippen molar-refractivity contribution in [3.8, 4) is 28.6 Å². The predicted octanol–water partition coefficient (Wildman–Crippen LogP) is 4.54. The van der Waals surface area contributed by atoms with E-state index in [0.29, 0.717) is 17.5 Å². The molecule has 1 saturated heterocycles. The molecule has 0 bridgehead atoms. The highest BCUT2D eigenvalue weighted by atomic mass is 16.4. The Balaban J connectivity index is 1.61. The highest BCUT2D eigenvalue weighted by Gasteiger charge is 2.20. The van der Waals surface area contributed by atoms with E-state index in [9.17, 15) is 4.79 Å². The first-order valence-corrected chi connectivity index (χ1v) is 10.3. The number of aromatic nitrogens is 3. The summed E-state index contributed by atoms with van der Waals surface area (Å²) >= 11 is 0. The predicted molar refractivity (Wildman–Crippen MR) is 117 cm³/mol. The molecule has 1 fully saturated rings. The minimum Gasteiger partial charge on any atom is -0.434 e. The van der Waals surface area contributed by atoms with Gasteiger partial charge in [0.2, 0.25) is 5.89 Å². The molecule has 1 aliphatic heterocycles. The zero-order valence-corrected chi connectivity index (χ0v) is 16.6. The number of rotatable bonds is 4. The van der Waals surface area contributed by atoms with Crippen molar-refractivity contribution in [2.45, 2.75) is 19.3 Å². The molecule has 1 aliphatic rings. The third kappa shape index (κ3) is 3.52. The van der Waals surface area contributed by atoms with Crippen LogP contribution in [0.25, 0.3) is 28.6 Å². The Morgan fingerprint density at radius 2 is 1.43 bits per heavy atom. The fourth-order valence-electron chi connectivity index (χ4n) is 3.81. The van der Waals surface area contributed by atoms with E-state index in [1.165, 1.54) is 11.0 Å². The summed E-state index contributed by atoms with van der Waals surface area (Å²) in [4.78, 5) is 24.1. The van der Waals surface area contributed by atoms with E-state index in [2.05, 4.69) is 14.9 Å². The second-order valence-electron chi connectivity index (χ2n) is 7.39. The molecule has 3 heterocycles. The van der Waals surface area contributed by atoms with Crippen molar-refractivity contribution >= 4 is 5.82 Å². The zero-order valence-electron chi connectivity index (χ0n) is 16.6. The summed E-state index contributed by atoms with van der Waals surface area (Å²) in [5.74, 6) is 2.19. The topological polar surface area (TPSA) is 64.2 Å². The van der Waals surface area contributed by atoms with Crippen molar-refractivity contribution in [2.75, 3.05) is 18.0 Å². The van der Waals surface area contributed by atoms with Gasteiger partial charge in [-0.15, -0.1) is 0 Å². The van der Waals surface area contributed by atoms with Gasteiger partial charge in [0.1, 0.15) is 5.82 Å². The van der Waals surface area contributed by atoms with E-state index in [-0.39, 0.29) is 5.69 Å². The molecule has 0 amide bonds. The Morgan fingerprint density at radius 3 is 2.10 bits per heavy atom. The van der Waals surface area contributed by atoms with Gasteiger partial charge in [-0.25, -0.2) is 9.36 Å². The molecule has 6 nitrogen and oxygen atoms in total. The summed E-state index contributed by atoms with van der Waals surface area (Å²) in [6, 6.07) is 21.3. The summed E-state index contributed by atoms with van der Waals surface area (Å²) in [6.45, 7) is 1.88. The average Bonchev–Trinajstić information content (AvgIpc) is 3.26. The van der Waals surface area contributed by atoms with Crippen LogP contribution in [0.4, 0.5) is 5.82 Å². The lowest BCUT2D eigenvalue weighted by atomic mass is 10.1. The lowest BCUT2D eigenvalue weighted by molar-refractivity contribution is 0.571. The van der Waals surface area contributed by atoms with Crippen LogP contribution in [0.15, 0.2) is 82.1 Å². The Kier molecular flexibility index (Phi) is 4.89. The number of hydrogen-bond donors (Lipinski definition) is 0. The lowest BCUT2D eigenvalue weighted by Crippen LogP contribution is -2.33. The van der Waals surface area contributed by atoms with Crippen molar-refractivity contribution in [3.05, 3.63) is 83.4 Å². The van der Waals surface area contributed by atoms with E-state index in [1.807, 2.05) is 66.7 Å². The normalized spacial score (nSPS) is 14.1. The maximum atomic E-state index is 13.0. The van der Waals surface area contributed by atoms with E-state index in [4.69, 9.17) is 4.42 Å².